The Bertz CT molecular complexity index is 549. The van der Waals surface area contributed by atoms with E-state index < -0.39 is 5.60 Å². The molecule has 136 valence electrons. The molecule has 1 saturated heterocycles. The molecule has 2 N–H and O–H groups in total. The lowest BCUT2D eigenvalue weighted by atomic mass is 9.91. The fourth-order valence-electron chi connectivity index (χ4n) is 3.05. The minimum atomic E-state index is -1.02. The van der Waals surface area contributed by atoms with Gasteiger partial charge in [-0.15, -0.1) is 0 Å². The summed E-state index contributed by atoms with van der Waals surface area (Å²) in [5, 5.41) is 14.0. The van der Waals surface area contributed by atoms with Gasteiger partial charge in [-0.3, -0.25) is 4.79 Å². The molecule has 0 spiro atoms. The van der Waals surface area contributed by atoms with Gasteiger partial charge in [-0.25, -0.2) is 0 Å². The third-order valence-electron chi connectivity index (χ3n) is 4.54. The van der Waals surface area contributed by atoms with Crippen LogP contribution in [0.5, 0.6) is 0 Å². The smallest absolute Gasteiger partial charge is 0.223 e. The van der Waals surface area contributed by atoms with Gasteiger partial charge in [-0.1, -0.05) is 20.8 Å². The summed E-state index contributed by atoms with van der Waals surface area (Å²) in [6, 6.07) is 4.01. The summed E-state index contributed by atoms with van der Waals surface area (Å²) in [5.74, 6) is 1.64. The average molecular weight is 336 g/mol. The highest BCUT2D eigenvalue weighted by atomic mass is 16.4. The Morgan fingerprint density at radius 1 is 1.29 bits per heavy atom. The minimum absolute atomic E-state index is 0.0338. The highest BCUT2D eigenvalue weighted by Crippen LogP contribution is 2.24. The Morgan fingerprint density at radius 3 is 2.42 bits per heavy atom. The van der Waals surface area contributed by atoms with Crippen molar-refractivity contribution in [3.63, 3.8) is 0 Å². The molecule has 1 aromatic rings. The normalized spacial score (nSPS) is 19.3. The number of hydrogen-bond acceptors (Lipinski definition) is 4. The zero-order valence-electron chi connectivity index (χ0n) is 15.7. The second-order valence-corrected chi connectivity index (χ2v) is 8.46. The van der Waals surface area contributed by atoms with Crippen molar-refractivity contribution in [2.45, 2.75) is 65.5 Å². The molecule has 0 radical (unpaired) electrons. The zero-order chi connectivity index (χ0) is 18.0. The van der Waals surface area contributed by atoms with Crippen molar-refractivity contribution in [1.82, 2.24) is 10.2 Å². The molecule has 0 aromatic carbocycles. The van der Waals surface area contributed by atoms with Gasteiger partial charge in [0.25, 0.3) is 0 Å². The Kier molecular flexibility index (Phi) is 5.76. The third-order valence-corrected chi connectivity index (χ3v) is 4.54. The van der Waals surface area contributed by atoms with Gasteiger partial charge < -0.3 is 19.7 Å². The number of amides is 1. The van der Waals surface area contributed by atoms with Crippen LogP contribution in [0, 0.1) is 12.3 Å². The number of hydrogen-bond donors (Lipinski definition) is 2. The Morgan fingerprint density at radius 2 is 1.92 bits per heavy atom. The van der Waals surface area contributed by atoms with E-state index in [2.05, 4.69) is 26.1 Å². The third kappa shape index (κ3) is 5.35. The van der Waals surface area contributed by atoms with Crippen molar-refractivity contribution in [2.75, 3.05) is 19.6 Å². The molecule has 2 heterocycles. The van der Waals surface area contributed by atoms with E-state index in [0.29, 0.717) is 24.8 Å². The number of carbonyl (C=O) groups is 1. The van der Waals surface area contributed by atoms with Gasteiger partial charge in [-0.05, 0) is 44.2 Å². The number of nitrogens with one attached hydrogen (secondary N) is 1. The standard InChI is InChI=1S/C19H32N2O3/c1-14-6-7-16(24-14)19(5,23)13-20-15-8-10-21(11-9-15)17(22)12-18(2,3)4/h6-7,15,20,23H,8-13H2,1-5H3. The van der Waals surface area contributed by atoms with Crippen LogP contribution in [0.25, 0.3) is 0 Å². The molecular weight excluding hydrogens is 304 g/mol. The summed E-state index contributed by atoms with van der Waals surface area (Å²) in [5.41, 5.74) is -0.987. The molecule has 24 heavy (non-hydrogen) atoms. The Labute approximate surface area is 145 Å². The second kappa shape index (κ2) is 7.28. The quantitative estimate of drug-likeness (QED) is 0.868. The zero-order valence-corrected chi connectivity index (χ0v) is 15.7. The van der Waals surface area contributed by atoms with Crippen LogP contribution < -0.4 is 5.32 Å². The molecule has 5 heteroatoms. The maximum atomic E-state index is 12.3. The van der Waals surface area contributed by atoms with Gasteiger partial charge in [0.2, 0.25) is 5.91 Å². The first-order valence-corrected chi connectivity index (χ1v) is 8.87. The van der Waals surface area contributed by atoms with E-state index in [-0.39, 0.29) is 11.3 Å². The minimum Gasteiger partial charge on any atom is -0.463 e. The van der Waals surface area contributed by atoms with Crippen molar-refractivity contribution < 1.29 is 14.3 Å². The monoisotopic (exact) mass is 336 g/mol. The van der Waals surface area contributed by atoms with E-state index in [4.69, 9.17) is 4.42 Å². The Balaban J connectivity index is 1.78. The molecule has 0 bridgehead atoms. The van der Waals surface area contributed by atoms with E-state index >= 15 is 0 Å². The van der Waals surface area contributed by atoms with Crippen LogP contribution in [-0.2, 0) is 10.4 Å². The summed E-state index contributed by atoms with van der Waals surface area (Å²) in [7, 11) is 0. The summed E-state index contributed by atoms with van der Waals surface area (Å²) >= 11 is 0. The molecule has 0 saturated carbocycles. The number of carbonyl (C=O) groups excluding carboxylic acids is 1. The van der Waals surface area contributed by atoms with Crippen molar-refractivity contribution >= 4 is 5.91 Å². The predicted octanol–water partition coefficient (Wildman–Crippen LogP) is 2.81. The molecular formula is C19H32N2O3. The van der Waals surface area contributed by atoms with E-state index in [1.54, 1.807) is 6.92 Å². The van der Waals surface area contributed by atoms with E-state index in [1.165, 1.54) is 0 Å². The van der Waals surface area contributed by atoms with Crippen LogP contribution in [0.15, 0.2) is 16.5 Å². The lowest BCUT2D eigenvalue weighted by molar-refractivity contribution is -0.134. The van der Waals surface area contributed by atoms with Crippen LogP contribution in [0.3, 0.4) is 0 Å². The molecule has 1 unspecified atom stereocenters. The lowest BCUT2D eigenvalue weighted by Crippen LogP contribution is -2.48. The molecule has 1 aliphatic rings. The molecule has 2 rings (SSSR count). The largest absolute Gasteiger partial charge is 0.463 e. The summed E-state index contributed by atoms with van der Waals surface area (Å²) < 4.78 is 5.54. The van der Waals surface area contributed by atoms with Gasteiger partial charge in [-0.2, -0.15) is 0 Å². The molecule has 1 atom stereocenters. The van der Waals surface area contributed by atoms with Crippen LogP contribution in [0.2, 0.25) is 0 Å². The maximum absolute atomic E-state index is 12.3. The van der Waals surface area contributed by atoms with Crippen molar-refractivity contribution in [2.24, 2.45) is 5.41 Å². The second-order valence-electron chi connectivity index (χ2n) is 8.46. The highest BCUT2D eigenvalue weighted by Gasteiger charge is 2.30. The van der Waals surface area contributed by atoms with Crippen molar-refractivity contribution in [3.8, 4) is 0 Å². The molecule has 1 amide bonds. The number of nitrogens with zero attached hydrogens (tertiary/aromatic N) is 1. The summed E-state index contributed by atoms with van der Waals surface area (Å²) in [4.78, 5) is 14.2. The number of aliphatic hydroxyl groups is 1. The SMILES string of the molecule is Cc1ccc(C(C)(O)CNC2CCN(C(=O)CC(C)(C)C)CC2)o1. The number of furan rings is 1. The fraction of sp³-hybridized carbons (Fsp3) is 0.737. The van der Waals surface area contributed by atoms with E-state index in [9.17, 15) is 9.90 Å². The van der Waals surface area contributed by atoms with Crippen molar-refractivity contribution in [3.05, 3.63) is 23.7 Å². The molecule has 1 aromatic heterocycles. The maximum Gasteiger partial charge on any atom is 0.223 e. The summed E-state index contributed by atoms with van der Waals surface area (Å²) in [6.45, 7) is 11.9. The number of aryl methyl sites for hydroxylation is 1. The van der Waals surface area contributed by atoms with Gasteiger partial charge in [0, 0.05) is 32.1 Å². The van der Waals surface area contributed by atoms with Gasteiger partial charge >= 0.3 is 0 Å². The lowest BCUT2D eigenvalue weighted by Gasteiger charge is -2.35. The molecule has 5 nitrogen and oxygen atoms in total. The first kappa shape index (κ1) is 19.0. The number of rotatable bonds is 5. The highest BCUT2D eigenvalue weighted by molar-refractivity contribution is 5.76. The Hall–Kier alpha value is -1.33. The van der Waals surface area contributed by atoms with Crippen LogP contribution >= 0.6 is 0 Å². The van der Waals surface area contributed by atoms with Gasteiger partial charge in [0.15, 0.2) is 0 Å². The summed E-state index contributed by atoms with van der Waals surface area (Å²) in [6.07, 6.45) is 2.43. The fourth-order valence-corrected chi connectivity index (χ4v) is 3.05. The predicted molar refractivity (Wildman–Crippen MR) is 94.7 cm³/mol. The van der Waals surface area contributed by atoms with Crippen molar-refractivity contribution in [1.29, 1.82) is 0 Å². The van der Waals surface area contributed by atoms with Crippen LogP contribution in [-0.4, -0.2) is 41.6 Å². The topological polar surface area (TPSA) is 65.7 Å². The van der Waals surface area contributed by atoms with E-state index in [0.717, 1.165) is 31.7 Å². The van der Waals surface area contributed by atoms with Gasteiger partial charge in [0.05, 0.1) is 0 Å². The van der Waals surface area contributed by atoms with Crippen LogP contribution in [0.4, 0.5) is 0 Å². The molecule has 0 aliphatic carbocycles. The average Bonchev–Trinajstić information content (AvgIpc) is 2.91. The first-order valence-electron chi connectivity index (χ1n) is 8.87. The number of piperidine rings is 1. The molecule has 1 aliphatic heterocycles. The van der Waals surface area contributed by atoms with Crippen LogP contribution in [0.1, 0.15) is 58.5 Å². The number of likely N-dealkylation sites (tertiary alicyclic amines) is 1. The first-order chi connectivity index (χ1) is 11.1. The van der Waals surface area contributed by atoms with Gasteiger partial charge in [0.1, 0.15) is 17.1 Å². The van der Waals surface area contributed by atoms with E-state index in [1.807, 2.05) is 24.0 Å². The molecule has 1 fully saturated rings.